The van der Waals surface area contributed by atoms with Crippen molar-refractivity contribution in [3.8, 4) is 11.5 Å². The zero-order valence-corrected chi connectivity index (χ0v) is 12.9. The largest absolute Gasteiger partial charge is 0.455 e. The van der Waals surface area contributed by atoms with Crippen LogP contribution in [0.4, 0.5) is 0 Å². The van der Waals surface area contributed by atoms with Gasteiger partial charge in [0, 0.05) is 11.5 Å². The monoisotopic (exact) mass is 317 g/mol. The maximum absolute atomic E-state index is 6.24. The molecular formula is C17H13Cl2NO. The van der Waals surface area contributed by atoms with E-state index in [1.165, 1.54) is 0 Å². The van der Waals surface area contributed by atoms with Crippen LogP contribution in [0.3, 0.4) is 0 Å². The van der Waals surface area contributed by atoms with Gasteiger partial charge < -0.3 is 4.74 Å². The summed E-state index contributed by atoms with van der Waals surface area (Å²) in [4.78, 5) is 4.49. The molecule has 4 heteroatoms. The molecule has 0 radical (unpaired) electrons. The van der Waals surface area contributed by atoms with Crippen LogP contribution in [0.1, 0.15) is 11.3 Å². The van der Waals surface area contributed by atoms with Crippen molar-refractivity contribution >= 4 is 34.1 Å². The molecule has 3 rings (SSSR count). The van der Waals surface area contributed by atoms with Crippen LogP contribution >= 0.6 is 23.2 Å². The molecule has 3 aromatic rings. The second-order valence-corrected chi connectivity index (χ2v) is 5.47. The third-order valence-electron chi connectivity index (χ3n) is 3.18. The highest BCUT2D eigenvalue weighted by Crippen LogP contribution is 2.34. The highest BCUT2D eigenvalue weighted by molar-refractivity contribution is 6.32. The molecule has 0 aliphatic heterocycles. The van der Waals surface area contributed by atoms with E-state index in [0.29, 0.717) is 22.4 Å². The molecule has 0 saturated carbocycles. The van der Waals surface area contributed by atoms with Gasteiger partial charge in [-0.15, -0.1) is 11.6 Å². The average Bonchev–Trinajstić information content (AvgIpc) is 2.49. The first-order valence-electron chi connectivity index (χ1n) is 6.56. The molecule has 0 saturated heterocycles. The van der Waals surface area contributed by atoms with Crippen LogP contribution < -0.4 is 4.74 Å². The van der Waals surface area contributed by atoms with Gasteiger partial charge in [0.25, 0.3) is 0 Å². The molecule has 106 valence electrons. The van der Waals surface area contributed by atoms with Crippen LogP contribution in [0, 0.1) is 6.92 Å². The molecule has 2 aromatic carbocycles. The number of halogens is 2. The Hall–Kier alpha value is -1.77. The first kappa shape index (κ1) is 14.2. The highest BCUT2D eigenvalue weighted by atomic mass is 35.5. The Morgan fingerprint density at radius 2 is 1.86 bits per heavy atom. The van der Waals surface area contributed by atoms with E-state index in [0.717, 1.165) is 22.2 Å². The van der Waals surface area contributed by atoms with Gasteiger partial charge in [-0.25, -0.2) is 0 Å². The summed E-state index contributed by atoms with van der Waals surface area (Å²) in [5.74, 6) is 1.67. The van der Waals surface area contributed by atoms with Crippen LogP contribution in [-0.4, -0.2) is 4.98 Å². The normalized spacial score (nSPS) is 10.8. The van der Waals surface area contributed by atoms with Crippen molar-refractivity contribution in [2.75, 3.05) is 0 Å². The number of alkyl halides is 1. The molecule has 0 N–H and O–H groups in total. The SMILES string of the molecule is Cc1ccc(Oc2cc(CCl)nc3ccccc23)c(Cl)c1. The molecule has 0 spiro atoms. The lowest BCUT2D eigenvalue weighted by molar-refractivity contribution is 0.487. The first-order valence-corrected chi connectivity index (χ1v) is 7.47. The number of aromatic nitrogens is 1. The van der Waals surface area contributed by atoms with Crippen LogP contribution in [-0.2, 0) is 5.88 Å². The summed E-state index contributed by atoms with van der Waals surface area (Å²) in [7, 11) is 0. The standard InChI is InChI=1S/C17H13Cl2NO/c1-11-6-7-16(14(19)8-11)21-17-9-12(10-18)20-15-5-3-2-4-13(15)17/h2-9H,10H2,1H3. The summed E-state index contributed by atoms with van der Waals surface area (Å²) in [5, 5.41) is 1.52. The lowest BCUT2D eigenvalue weighted by Gasteiger charge is -2.12. The summed E-state index contributed by atoms with van der Waals surface area (Å²) in [6, 6.07) is 15.4. The van der Waals surface area contributed by atoms with Gasteiger partial charge in [-0.3, -0.25) is 4.98 Å². The Morgan fingerprint density at radius 3 is 2.62 bits per heavy atom. The van der Waals surface area contributed by atoms with Gasteiger partial charge in [-0.05, 0) is 36.8 Å². The lowest BCUT2D eigenvalue weighted by atomic mass is 10.2. The summed E-state index contributed by atoms with van der Waals surface area (Å²) in [6.07, 6.45) is 0. The van der Waals surface area contributed by atoms with Crippen LogP contribution in [0.5, 0.6) is 11.5 Å². The highest BCUT2D eigenvalue weighted by Gasteiger charge is 2.09. The zero-order chi connectivity index (χ0) is 14.8. The molecule has 2 nitrogen and oxygen atoms in total. The van der Waals surface area contributed by atoms with E-state index < -0.39 is 0 Å². The average molecular weight is 318 g/mol. The van der Waals surface area contributed by atoms with Crippen molar-refractivity contribution in [3.63, 3.8) is 0 Å². The number of para-hydroxylation sites is 1. The van der Waals surface area contributed by atoms with Crippen LogP contribution in [0.25, 0.3) is 10.9 Å². The van der Waals surface area contributed by atoms with Crippen molar-refractivity contribution in [1.29, 1.82) is 0 Å². The molecule has 0 unspecified atom stereocenters. The Bertz CT molecular complexity index is 802. The fourth-order valence-electron chi connectivity index (χ4n) is 2.16. The van der Waals surface area contributed by atoms with Crippen LogP contribution in [0.15, 0.2) is 48.5 Å². The molecule has 0 bridgehead atoms. The van der Waals surface area contributed by atoms with Gasteiger partial charge in [0.05, 0.1) is 22.1 Å². The van der Waals surface area contributed by atoms with E-state index in [1.54, 1.807) is 0 Å². The van der Waals surface area contributed by atoms with Gasteiger partial charge in [0.2, 0.25) is 0 Å². The third kappa shape index (κ3) is 2.97. The van der Waals surface area contributed by atoms with Gasteiger partial charge in [0.15, 0.2) is 0 Å². The van der Waals surface area contributed by atoms with Crippen molar-refractivity contribution < 1.29 is 4.74 Å². The number of benzene rings is 2. The quantitative estimate of drug-likeness (QED) is 0.576. The number of hydrogen-bond donors (Lipinski definition) is 0. The van der Waals surface area contributed by atoms with E-state index in [4.69, 9.17) is 27.9 Å². The summed E-state index contributed by atoms with van der Waals surface area (Å²) in [6.45, 7) is 1.99. The fourth-order valence-corrected chi connectivity index (χ4v) is 2.57. The lowest BCUT2D eigenvalue weighted by Crippen LogP contribution is -1.93. The Morgan fingerprint density at radius 1 is 1.05 bits per heavy atom. The molecule has 0 atom stereocenters. The Balaban J connectivity index is 2.10. The molecular weight excluding hydrogens is 305 g/mol. The molecule has 0 aliphatic rings. The number of hydrogen-bond acceptors (Lipinski definition) is 2. The molecule has 0 fully saturated rings. The fraction of sp³-hybridized carbons (Fsp3) is 0.118. The van der Waals surface area contributed by atoms with E-state index in [-0.39, 0.29) is 0 Å². The van der Waals surface area contributed by atoms with Crippen molar-refractivity contribution in [2.45, 2.75) is 12.8 Å². The molecule has 21 heavy (non-hydrogen) atoms. The van der Waals surface area contributed by atoms with Crippen molar-refractivity contribution in [3.05, 3.63) is 64.8 Å². The zero-order valence-electron chi connectivity index (χ0n) is 11.4. The first-order chi connectivity index (χ1) is 10.2. The maximum Gasteiger partial charge on any atom is 0.146 e. The van der Waals surface area contributed by atoms with Crippen molar-refractivity contribution in [2.24, 2.45) is 0 Å². The minimum atomic E-state index is 0.336. The number of aryl methyl sites for hydroxylation is 1. The number of nitrogens with zero attached hydrogens (tertiary/aromatic N) is 1. The summed E-state index contributed by atoms with van der Waals surface area (Å²) in [5.41, 5.74) is 2.72. The maximum atomic E-state index is 6.24. The number of ether oxygens (including phenoxy) is 1. The Kier molecular flexibility index (Phi) is 4.00. The second-order valence-electron chi connectivity index (χ2n) is 4.80. The predicted octanol–water partition coefficient (Wildman–Crippen LogP) is 5.73. The minimum absolute atomic E-state index is 0.336. The third-order valence-corrected chi connectivity index (χ3v) is 3.74. The van der Waals surface area contributed by atoms with E-state index in [9.17, 15) is 0 Å². The van der Waals surface area contributed by atoms with Crippen LogP contribution in [0.2, 0.25) is 5.02 Å². The molecule has 0 aliphatic carbocycles. The number of fused-ring (bicyclic) bond motifs is 1. The van der Waals surface area contributed by atoms with Gasteiger partial charge in [-0.1, -0.05) is 29.8 Å². The second kappa shape index (κ2) is 5.92. The van der Waals surface area contributed by atoms with Gasteiger partial charge in [0.1, 0.15) is 11.5 Å². The topological polar surface area (TPSA) is 22.1 Å². The van der Waals surface area contributed by atoms with E-state index in [2.05, 4.69) is 4.98 Å². The van der Waals surface area contributed by atoms with Gasteiger partial charge >= 0.3 is 0 Å². The predicted molar refractivity (Wildman–Crippen MR) is 87.6 cm³/mol. The Labute approximate surface area is 133 Å². The number of rotatable bonds is 3. The van der Waals surface area contributed by atoms with Crippen molar-refractivity contribution in [1.82, 2.24) is 4.98 Å². The smallest absolute Gasteiger partial charge is 0.146 e. The summed E-state index contributed by atoms with van der Waals surface area (Å²) < 4.78 is 5.99. The van der Waals surface area contributed by atoms with E-state index in [1.807, 2.05) is 55.5 Å². The van der Waals surface area contributed by atoms with E-state index >= 15 is 0 Å². The van der Waals surface area contributed by atoms with Gasteiger partial charge in [-0.2, -0.15) is 0 Å². The minimum Gasteiger partial charge on any atom is -0.455 e. The summed E-state index contributed by atoms with van der Waals surface area (Å²) >= 11 is 12.1. The molecule has 1 aromatic heterocycles. The molecule has 0 amide bonds. The molecule has 1 heterocycles. The number of pyridine rings is 1.